The van der Waals surface area contributed by atoms with Crippen molar-refractivity contribution in [2.24, 2.45) is 5.16 Å². The number of rotatable bonds is 3. The highest BCUT2D eigenvalue weighted by atomic mass is 16.5. The summed E-state index contributed by atoms with van der Waals surface area (Å²) in [6, 6.07) is 19.5. The molecule has 0 aromatic heterocycles. The number of carbonyl (C=O) groups excluding carboxylic acids is 1. The van der Waals surface area contributed by atoms with E-state index in [9.17, 15) is 10.0 Å². The summed E-state index contributed by atoms with van der Waals surface area (Å²) in [5, 5.41) is 15.6. The Bertz CT molecular complexity index is 1170. The number of oxime groups is 1. The van der Waals surface area contributed by atoms with Gasteiger partial charge in [-0.25, -0.2) is 0 Å². The van der Waals surface area contributed by atoms with E-state index in [0.717, 1.165) is 46.8 Å². The van der Waals surface area contributed by atoms with Crippen molar-refractivity contribution < 1.29 is 14.7 Å². The van der Waals surface area contributed by atoms with Gasteiger partial charge < -0.3 is 20.2 Å². The average Bonchev–Trinajstić information content (AvgIpc) is 3.09. The summed E-state index contributed by atoms with van der Waals surface area (Å²) in [6.45, 7) is 1.64. The second-order valence-electron chi connectivity index (χ2n) is 7.61. The fraction of sp³-hybridized carbons (Fsp3) is 0.167. The summed E-state index contributed by atoms with van der Waals surface area (Å²) in [4.78, 5) is 14.6. The molecule has 0 fully saturated rings. The Hall–Kier alpha value is -3.64. The smallest absolute Gasteiger partial charge is 0.278 e. The Balaban J connectivity index is 1.71. The molecule has 3 aromatic rings. The summed E-state index contributed by atoms with van der Waals surface area (Å²) in [5.74, 6) is 1.12. The second kappa shape index (κ2) is 7.31. The number of para-hydroxylation sites is 2. The normalized spacial score (nSPS) is 16.8. The molecule has 0 saturated carbocycles. The van der Waals surface area contributed by atoms with Gasteiger partial charge in [0.05, 0.1) is 5.69 Å². The second-order valence-corrected chi connectivity index (χ2v) is 7.61. The van der Waals surface area contributed by atoms with E-state index in [0.29, 0.717) is 12.1 Å². The largest absolute Gasteiger partial charge is 0.457 e. The quantitative estimate of drug-likeness (QED) is 0.510. The van der Waals surface area contributed by atoms with Crippen LogP contribution in [0.2, 0.25) is 0 Å². The maximum absolute atomic E-state index is 12.3. The Morgan fingerprint density at radius 3 is 2.57 bits per heavy atom. The molecule has 150 valence electrons. The van der Waals surface area contributed by atoms with Gasteiger partial charge in [0, 0.05) is 24.2 Å². The summed E-state index contributed by atoms with van der Waals surface area (Å²) < 4.78 is 6.20. The fourth-order valence-corrected chi connectivity index (χ4v) is 4.25. The van der Waals surface area contributed by atoms with Crippen molar-refractivity contribution in [3.05, 3.63) is 77.4 Å². The summed E-state index contributed by atoms with van der Waals surface area (Å²) in [6.07, 6.45) is 0.857. The van der Waals surface area contributed by atoms with Crippen molar-refractivity contribution >= 4 is 17.3 Å². The first kappa shape index (κ1) is 18.4. The Kier molecular flexibility index (Phi) is 4.48. The molecule has 0 aliphatic carbocycles. The van der Waals surface area contributed by atoms with E-state index in [4.69, 9.17) is 4.74 Å². The number of fused-ring (bicyclic) bond motifs is 3. The van der Waals surface area contributed by atoms with Gasteiger partial charge in [-0.15, -0.1) is 0 Å². The molecule has 6 nitrogen and oxygen atoms in total. The molecule has 1 amide bonds. The van der Waals surface area contributed by atoms with Crippen molar-refractivity contribution in [3.63, 3.8) is 0 Å². The first-order chi connectivity index (χ1) is 14.7. The minimum Gasteiger partial charge on any atom is -0.457 e. The molecule has 5 rings (SSSR count). The molecule has 30 heavy (non-hydrogen) atoms. The molecule has 0 unspecified atom stereocenters. The molecule has 2 N–H and O–H groups in total. The molecular weight excluding hydrogens is 378 g/mol. The van der Waals surface area contributed by atoms with Gasteiger partial charge in [0.2, 0.25) is 0 Å². The molecule has 3 aromatic carbocycles. The topological polar surface area (TPSA) is 74.2 Å². The minimum atomic E-state index is -0.381. The van der Waals surface area contributed by atoms with E-state index < -0.39 is 0 Å². The molecule has 2 aliphatic rings. The minimum absolute atomic E-state index is 0.0451. The third-order valence-corrected chi connectivity index (χ3v) is 5.68. The predicted octanol–water partition coefficient (Wildman–Crippen LogP) is 4.26. The lowest BCUT2D eigenvalue weighted by Gasteiger charge is -2.29. The van der Waals surface area contributed by atoms with Gasteiger partial charge in [-0.1, -0.05) is 41.6 Å². The zero-order valence-corrected chi connectivity index (χ0v) is 16.6. The lowest BCUT2D eigenvalue weighted by Crippen LogP contribution is -2.27. The van der Waals surface area contributed by atoms with Crippen molar-refractivity contribution in [3.8, 4) is 22.6 Å². The number of ether oxygens (including phenoxy) is 1. The van der Waals surface area contributed by atoms with Crippen LogP contribution in [0.25, 0.3) is 11.1 Å². The lowest BCUT2D eigenvalue weighted by atomic mass is 9.87. The summed E-state index contributed by atoms with van der Waals surface area (Å²) in [7, 11) is 2.06. The zero-order chi connectivity index (χ0) is 20.7. The molecule has 6 heteroatoms. The highest BCUT2D eigenvalue weighted by Crippen LogP contribution is 2.43. The van der Waals surface area contributed by atoms with Gasteiger partial charge in [-0.2, -0.15) is 0 Å². The van der Waals surface area contributed by atoms with E-state index in [1.807, 2.05) is 60.7 Å². The fourth-order valence-electron chi connectivity index (χ4n) is 4.25. The van der Waals surface area contributed by atoms with Gasteiger partial charge in [0.25, 0.3) is 5.91 Å². The number of amides is 1. The van der Waals surface area contributed by atoms with Crippen LogP contribution in [-0.2, 0) is 17.8 Å². The van der Waals surface area contributed by atoms with Crippen LogP contribution in [0.5, 0.6) is 11.5 Å². The number of carbonyl (C=O) groups is 1. The van der Waals surface area contributed by atoms with Crippen LogP contribution in [0, 0.1) is 0 Å². The van der Waals surface area contributed by atoms with E-state index in [-0.39, 0.29) is 11.6 Å². The van der Waals surface area contributed by atoms with Crippen LogP contribution in [0.3, 0.4) is 0 Å². The van der Waals surface area contributed by atoms with Gasteiger partial charge in [0.15, 0.2) is 5.71 Å². The standard InChI is InChI=1S/C24H21N3O3/c1-27-12-11-16-18(13-19-22(20(16)14-27)25-24(28)23(19)26-29)17-9-5-6-10-21(17)30-15-7-3-2-4-8-15/h2-10,13,29H,11-12,14H2,1H3,(H,25,26,28). The van der Waals surface area contributed by atoms with Gasteiger partial charge in [-0.05, 0) is 54.4 Å². The molecule has 0 radical (unpaired) electrons. The highest BCUT2D eigenvalue weighted by Gasteiger charge is 2.33. The number of hydrogen-bond acceptors (Lipinski definition) is 5. The Morgan fingerprint density at radius 2 is 1.77 bits per heavy atom. The predicted molar refractivity (Wildman–Crippen MR) is 115 cm³/mol. The number of anilines is 1. The van der Waals surface area contributed by atoms with Crippen molar-refractivity contribution in [2.45, 2.75) is 13.0 Å². The van der Waals surface area contributed by atoms with E-state index in [1.54, 1.807) is 0 Å². The summed E-state index contributed by atoms with van der Waals surface area (Å²) >= 11 is 0. The maximum atomic E-state index is 12.3. The number of nitrogens with one attached hydrogen (secondary N) is 1. The zero-order valence-electron chi connectivity index (χ0n) is 16.6. The third kappa shape index (κ3) is 3.02. The van der Waals surface area contributed by atoms with E-state index in [1.165, 1.54) is 5.56 Å². The van der Waals surface area contributed by atoms with Crippen LogP contribution in [-0.4, -0.2) is 35.3 Å². The van der Waals surface area contributed by atoms with Crippen LogP contribution in [0.1, 0.15) is 16.7 Å². The van der Waals surface area contributed by atoms with Gasteiger partial charge in [0.1, 0.15) is 11.5 Å². The average molecular weight is 399 g/mol. The lowest BCUT2D eigenvalue weighted by molar-refractivity contribution is -0.110. The number of benzene rings is 3. The molecule has 0 bridgehead atoms. The monoisotopic (exact) mass is 399 g/mol. The Morgan fingerprint density at radius 1 is 1.00 bits per heavy atom. The van der Waals surface area contributed by atoms with Gasteiger partial charge >= 0.3 is 0 Å². The molecule has 2 aliphatic heterocycles. The molecule has 0 atom stereocenters. The Labute approximate surface area is 174 Å². The van der Waals surface area contributed by atoms with Crippen LogP contribution in [0.4, 0.5) is 5.69 Å². The summed E-state index contributed by atoms with van der Waals surface area (Å²) in [5.41, 5.74) is 5.63. The van der Waals surface area contributed by atoms with Crippen LogP contribution < -0.4 is 10.1 Å². The van der Waals surface area contributed by atoms with Crippen molar-refractivity contribution in [1.29, 1.82) is 0 Å². The van der Waals surface area contributed by atoms with E-state index in [2.05, 4.69) is 22.4 Å². The number of likely N-dealkylation sites (N-methyl/N-ethyl adjacent to an activating group) is 1. The van der Waals surface area contributed by atoms with Crippen molar-refractivity contribution in [2.75, 3.05) is 18.9 Å². The first-order valence-electron chi connectivity index (χ1n) is 9.89. The van der Waals surface area contributed by atoms with Crippen LogP contribution >= 0.6 is 0 Å². The SMILES string of the molecule is CN1CCc2c(-c3ccccc3Oc3ccccc3)cc3c(c2C1)NC(=O)/C3=N/O. The van der Waals surface area contributed by atoms with Crippen molar-refractivity contribution in [1.82, 2.24) is 4.90 Å². The molecule has 0 spiro atoms. The van der Waals surface area contributed by atoms with Gasteiger partial charge in [-0.3, -0.25) is 4.79 Å². The first-order valence-corrected chi connectivity index (χ1v) is 9.89. The molecular formula is C24H21N3O3. The molecule has 2 heterocycles. The van der Waals surface area contributed by atoms with Crippen LogP contribution in [0.15, 0.2) is 65.8 Å². The third-order valence-electron chi connectivity index (χ3n) is 5.68. The highest BCUT2D eigenvalue weighted by molar-refractivity contribution is 6.54. The molecule has 0 saturated heterocycles. The number of hydrogen-bond donors (Lipinski definition) is 2. The number of nitrogens with zero attached hydrogens (tertiary/aromatic N) is 2. The van der Waals surface area contributed by atoms with E-state index >= 15 is 0 Å². The maximum Gasteiger partial charge on any atom is 0.278 e.